The Bertz CT molecular complexity index is 744. The minimum Gasteiger partial charge on any atom is -0.507 e. The van der Waals surface area contributed by atoms with E-state index >= 15 is 0 Å². The van der Waals surface area contributed by atoms with Gasteiger partial charge in [0.2, 0.25) is 0 Å². The van der Waals surface area contributed by atoms with Crippen LogP contribution in [-0.2, 0) is 4.79 Å². The van der Waals surface area contributed by atoms with Crippen LogP contribution in [0.2, 0.25) is 0 Å². The second-order valence-electron chi connectivity index (χ2n) is 5.00. The van der Waals surface area contributed by atoms with Gasteiger partial charge in [-0.25, -0.2) is 5.43 Å². The largest absolute Gasteiger partial charge is 0.507 e. The molecule has 0 aliphatic rings. The summed E-state index contributed by atoms with van der Waals surface area (Å²) in [6.45, 7) is 3.48. The number of benzene rings is 2. The first-order valence-electron chi connectivity index (χ1n) is 6.97. The maximum atomic E-state index is 11.8. The molecule has 0 fully saturated rings. The van der Waals surface area contributed by atoms with Gasteiger partial charge in [-0.3, -0.25) is 4.79 Å². The van der Waals surface area contributed by atoms with Gasteiger partial charge < -0.3 is 9.84 Å². The maximum Gasteiger partial charge on any atom is 0.277 e. The quantitative estimate of drug-likeness (QED) is 0.620. The van der Waals surface area contributed by atoms with Crippen molar-refractivity contribution >= 4 is 27.5 Å². The van der Waals surface area contributed by atoms with Crippen LogP contribution >= 0.6 is 15.9 Å². The minimum absolute atomic E-state index is 0.122. The molecule has 0 bridgehead atoms. The molecule has 23 heavy (non-hydrogen) atoms. The monoisotopic (exact) mass is 376 g/mol. The fourth-order valence-electron chi connectivity index (χ4n) is 1.88. The molecule has 0 heterocycles. The van der Waals surface area contributed by atoms with E-state index in [1.165, 1.54) is 0 Å². The third-order valence-electron chi connectivity index (χ3n) is 3.06. The Morgan fingerprint density at radius 3 is 2.83 bits per heavy atom. The molecule has 0 saturated carbocycles. The Kier molecular flexibility index (Phi) is 5.76. The minimum atomic E-state index is -0.378. The summed E-state index contributed by atoms with van der Waals surface area (Å²) in [4.78, 5) is 11.8. The molecule has 2 aromatic carbocycles. The van der Waals surface area contributed by atoms with Crippen molar-refractivity contribution in [2.45, 2.75) is 13.8 Å². The summed E-state index contributed by atoms with van der Waals surface area (Å²) < 4.78 is 6.24. The van der Waals surface area contributed by atoms with E-state index in [-0.39, 0.29) is 18.3 Å². The summed E-state index contributed by atoms with van der Waals surface area (Å²) in [6, 6.07) is 12.4. The van der Waals surface area contributed by atoms with Crippen LogP contribution < -0.4 is 10.2 Å². The molecule has 2 aromatic rings. The molecule has 0 atom stereocenters. The second kappa shape index (κ2) is 7.78. The SMILES string of the molecule is C/C(=N\NC(=O)COc1cccc(Br)c1)c1cc(C)ccc1O. The summed E-state index contributed by atoms with van der Waals surface area (Å²) in [6.07, 6.45) is 0. The average Bonchev–Trinajstić information content (AvgIpc) is 2.53. The molecule has 0 unspecified atom stereocenters. The molecular formula is C17H17BrN2O3. The topological polar surface area (TPSA) is 70.9 Å². The van der Waals surface area contributed by atoms with Gasteiger partial charge in [0.1, 0.15) is 11.5 Å². The number of halogens is 1. The molecule has 6 heteroatoms. The van der Waals surface area contributed by atoms with Gasteiger partial charge in [0.05, 0.1) is 5.71 Å². The zero-order valence-corrected chi connectivity index (χ0v) is 14.4. The van der Waals surface area contributed by atoms with E-state index in [4.69, 9.17) is 4.74 Å². The molecule has 2 rings (SSSR count). The van der Waals surface area contributed by atoms with Crippen LogP contribution in [0.5, 0.6) is 11.5 Å². The first kappa shape index (κ1) is 17.0. The number of carbonyl (C=O) groups is 1. The lowest BCUT2D eigenvalue weighted by molar-refractivity contribution is -0.123. The van der Waals surface area contributed by atoms with Crippen molar-refractivity contribution < 1.29 is 14.6 Å². The first-order chi connectivity index (χ1) is 11.0. The van der Waals surface area contributed by atoms with Gasteiger partial charge in [-0.2, -0.15) is 5.10 Å². The zero-order valence-electron chi connectivity index (χ0n) is 12.8. The van der Waals surface area contributed by atoms with Crippen LogP contribution in [0.15, 0.2) is 52.0 Å². The predicted molar refractivity (Wildman–Crippen MR) is 92.8 cm³/mol. The highest BCUT2D eigenvalue weighted by molar-refractivity contribution is 9.10. The Morgan fingerprint density at radius 1 is 1.30 bits per heavy atom. The van der Waals surface area contributed by atoms with Crippen molar-refractivity contribution in [2.75, 3.05) is 6.61 Å². The number of rotatable bonds is 5. The number of aromatic hydroxyl groups is 1. The summed E-state index contributed by atoms with van der Waals surface area (Å²) in [7, 11) is 0. The van der Waals surface area contributed by atoms with Crippen LogP contribution in [0, 0.1) is 6.92 Å². The molecule has 5 nitrogen and oxygen atoms in total. The number of ether oxygens (including phenoxy) is 1. The van der Waals surface area contributed by atoms with Gasteiger partial charge in [0.25, 0.3) is 5.91 Å². The van der Waals surface area contributed by atoms with E-state index in [1.54, 1.807) is 37.3 Å². The summed E-state index contributed by atoms with van der Waals surface area (Å²) in [5.41, 5.74) is 4.51. The number of hydrogen-bond donors (Lipinski definition) is 2. The number of phenols is 1. The first-order valence-corrected chi connectivity index (χ1v) is 7.76. The molecule has 1 amide bonds. The number of nitrogens with one attached hydrogen (secondary N) is 1. The molecule has 0 saturated heterocycles. The van der Waals surface area contributed by atoms with E-state index in [2.05, 4.69) is 26.5 Å². The van der Waals surface area contributed by atoms with Gasteiger partial charge in [0, 0.05) is 10.0 Å². The van der Waals surface area contributed by atoms with Gasteiger partial charge in [-0.05, 0) is 44.2 Å². The third kappa shape index (κ3) is 5.10. The van der Waals surface area contributed by atoms with E-state index in [9.17, 15) is 9.90 Å². The lowest BCUT2D eigenvalue weighted by Gasteiger charge is -2.07. The second-order valence-corrected chi connectivity index (χ2v) is 5.91. The number of amides is 1. The molecule has 0 aliphatic carbocycles. The smallest absolute Gasteiger partial charge is 0.277 e. The number of hydrazone groups is 1. The predicted octanol–water partition coefficient (Wildman–Crippen LogP) is 3.38. The lowest BCUT2D eigenvalue weighted by Crippen LogP contribution is -2.25. The standard InChI is InChI=1S/C17H17BrN2O3/c1-11-6-7-16(21)15(8-11)12(2)19-20-17(22)10-23-14-5-3-4-13(18)9-14/h3-9,21H,10H2,1-2H3,(H,20,22)/b19-12+. The van der Waals surface area contributed by atoms with Crippen molar-refractivity contribution in [3.63, 3.8) is 0 Å². The highest BCUT2D eigenvalue weighted by Gasteiger charge is 2.07. The fourth-order valence-corrected chi connectivity index (χ4v) is 2.26. The van der Waals surface area contributed by atoms with Crippen LogP contribution in [0.3, 0.4) is 0 Å². The third-order valence-corrected chi connectivity index (χ3v) is 3.55. The number of phenolic OH excluding ortho intramolecular Hbond substituents is 1. The Balaban J connectivity index is 1.93. The van der Waals surface area contributed by atoms with Crippen LogP contribution in [0.1, 0.15) is 18.1 Å². The van der Waals surface area contributed by atoms with Gasteiger partial charge in [-0.1, -0.05) is 33.6 Å². The Hall–Kier alpha value is -2.34. The van der Waals surface area contributed by atoms with Crippen molar-refractivity contribution in [3.05, 3.63) is 58.1 Å². The number of carbonyl (C=O) groups excluding carboxylic acids is 1. The van der Waals surface area contributed by atoms with Gasteiger partial charge >= 0.3 is 0 Å². The van der Waals surface area contributed by atoms with Crippen molar-refractivity contribution in [2.24, 2.45) is 5.10 Å². The average molecular weight is 377 g/mol. The molecule has 0 radical (unpaired) electrons. The molecule has 0 spiro atoms. The van der Waals surface area contributed by atoms with Crippen molar-refractivity contribution in [1.82, 2.24) is 5.43 Å². The normalized spacial score (nSPS) is 11.2. The van der Waals surface area contributed by atoms with Crippen molar-refractivity contribution in [1.29, 1.82) is 0 Å². The molecule has 120 valence electrons. The zero-order chi connectivity index (χ0) is 16.8. The Labute approximate surface area is 143 Å². The van der Waals surface area contributed by atoms with Crippen molar-refractivity contribution in [3.8, 4) is 11.5 Å². The molecule has 0 aliphatic heterocycles. The summed E-state index contributed by atoms with van der Waals surface area (Å²) in [5, 5.41) is 13.8. The molecule has 0 aromatic heterocycles. The molecule has 2 N–H and O–H groups in total. The van der Waals surface area contributed by atoms with E-state index < -0.39 is 0 Å². The van der Waals surface area contributed by atoms with E-state index in [0.29, 0.717) is 17.0 Å². The fraction of sp³-hybridized carbons (Fsp3) is 0.176. The number of aryl methyl sites for hydroxylation is 1. The van der Waals surface area contributed by atoms with Gasteiger partial charge in [-0.15, -0.1) is 0 Å². The summed E-state index contributed by atoms with van der Waals surface area (Å²) in [5.74, 6) is 0.333. The van der Waals surface area contributed by atoms with E-state index in [0.717, 1.165) is 10.0 Å². The highest BCUT2D eigenvalue weighted by Crippen LogP contribution is 2.19. The maximum absolute atomic E-state index is 11.8. The number of nitrogens with zero attached hydrogens (tertiary/aromatic N) is 1. The van der Waals surface area contributed by atoms with Crippen LogP contribution in [-0.4, -0.2) is 23.3 Å². The number of hydrogen-bond acceptors (Lipinski definition) is 4. The van der Waals surface area contributed by atoms with Crippen LogP contribution in [0.25, 0.3) is 0 Å². The lowest BCUT2D eigenvalue weighted by atomic mass is 10.1. The van der Waals surface area contributed by atoms with Crippen LogP contribution in [0.4, 0.5) is 0 Å². The summed E-state index contributed by atoms with van der Waals surface area (Å²) >= 11 is 3.33. The van der Waals surface area contributed by atoms with Gasteiger partial charge in [0.15, 0.2) is 6.61 Å². The highest BCUT2D eigenvalue weighted by atomic mass is 79.9. The van der Waals surface area contributed by atoms with E-state index in [1.807, 2.05) is 19.1 Å². The Morgan fingerprint density at radius 2 is 2.09 bits per heavy atom. The molecular weight excluding hydrogens is 360 g/mol.